The Morgan fingerprint density at radius 1 is 1.14 bits per heavy atom. The van der Waals surface area contributed by atoms with Crippen LogP contribution in [0.5, 0.6) is 0 Å². The average molecular weight is 389 g/mol. The van der Waals surface area contributed by atoms with Crippen molar-refractivity contribution in [3.8, 4) is 0 Å². The number of anilines is 1. The van der Waals surface area contributed by atoms with E-state index in [-0.39, 0.29) is 16.9 Å². The van der Waals surface area contributed by atoms with Crippen LogP contribution in [0.4, 0.5) is 15.8 Å². The smallest absolute Gasteiger partial charge is 0.326 e. The maximum absolute atomic E-state index is 13.5. The van der Waals surface area contributed by atoms with Crippen molar-refractivity contribution in [3.63, 3.8) is 0 Å². The Morgan fingerprint density at radius 3 is 2.39 bits per heavy atom. The Hall–Kier alpha value is -3.82. The maximum atomic E-state index is 13.5. The van der Waals surface area contributed by atoms with Crippen molar-refractivity contribution in [2.75, 3.05) is 11.9 Å². The van der Waals surface area contributed by atoms with Crippen LogP contribution in [0, 0.1) is 15.9 Å². The van der Waals surface area contributed by atoms with Crippen molar-refractivity contribution in [1.82, 2.24) is 5.32 Å². The van der Waals surface area contributed by atoms with Gasteiger partial charge in [-0.2, -0.15) is 0 Å². The van der Waals surface area contributed by atoms with E-state index in [0.717, 1.165) is 6.07 Å². The molecule has 0 spiro atoms. The van der Waals surface area contributed by atoms with Gasteiger partial charge < -0.3 is 15.4 Å². The molecule has 0 aliphatic heterocycles. The molecular formula is C18H16FN3O6. The standard InChI is InChI=1S/C18H16FN3O6/c1-11(17(24)21-12-6-8-13(9-7-12)22(26)27)28-16(23)10-20-18(25)14-4-2-3-5-15(14)19/h2-9,11H,10H2,1H3,(H,20,25)(H,21,24). The first-order valence-electron chi connectivity index (χ1n) is 8.05. The number of carbonyl (C=O) groups excluding carboxylic acids is 3. The molecule has 0 bridgehead atoms. The van der Waals surface area contributed by atoms with Crippen molar-refractivity contribution in [2.45, 2.75) is 13.0 Å². The van der Waals surface area contributed by atoms with E-state index in [1.165, 1.54) is 49.4 Å². The van der Waals surface area contributed by atoms with Crippen molar-refractivity contribution >= 4 is 29.2 Å². The molecule has 0 saturated heterocycles. The van der Waals surface area contributed by atoms with Crippen LogP contribution in [0.1, 0.15) is 17.3 Å². The van der Waals surface area contributed by atoms with E-state index in [0.29, 0.717) is 0 Å². The van der Waals surface area contributed by atoms with Crippen LogP contribution in [0.15, 0.2) is 48.5 Å². The second-order valence-electron chi connectivity index (χ2n) is 5.59. The van der Waals surface area contributed by atoms with Gasteiger partial charge in [-0.25, -0.2) is 4.39 Å². The van der Waals surface area contributed by atoms with Crippen molar-refractivity contribution < 1.29 is 28.4 Å². The van der Waals surface area contributed by atoms with E-state index in [1.807, 2.05) is 0 Å². The van der Waals surface area contributed by atoms with Gasteiger partial charge in [-0.15, -0.1) is 0 Å². The first-order valence-corrected chi connectivity index (χ1v) is 8.05. The minimum Gasteiger partial charge on any atom is -0.451 e. The number of benzene rings is 2. The van der Waals surface area contributed by atoms with Crippen molar-refractivity contribution in [2.24, 2.45) is 0 Å². The number of hydrogen-bond acceptors (Lipinski definition) is 6. The topological polar surface area (TPSA) is 128 Å². The number of nitrogens with zero attached hydrogens (tertiary/aromatic N) is 1. The molecule has 0 aliphatic carbocycles. The number of amides is 2. The Kier molecular flexibility index (Phi) is 6.74. The summed E-state index contributed by atoms with van der Waals surface area (Å²) >= 11 is 0. The van der Waals surface area contributed by atoms with Gasteiger partial charge in [-0.1, -0.05) is 12.1 Å². The van der Waals surface area contributed by atoms with E-state index in [1.54, 1.807) is 0 Å². The van der Waals surface area contributed by atoms with E-state index >= 15 is 0 Å². The fraction of sp³-hybridized carbons (Fsp3) is 0.167. The summed E-state index contributed by atoms with van der Waals surface area (Å²) < 4.78 is 18.4. The number of nitrogens with one attached hydrogen (secondary N) is 2. The summed E-state index contributed by atoms with van der Waals surface area (Å²) in [6.45, 7) is 0.764. The fourth-order valence-corrected chi connectivity index (χ4v) is 2.10. The van der Waals surface area contributed by atoms with Crippen molar-refractivity contribution in [1.29, 1.82) is 0 Å². The number of halogens is 1. The molecule has 2 N–H and O–H groups in total. The average Bonchev–Trinajstić information content (AvgIpc) is 2.66. The summed E-state index contributed by atoms with van der Waals surface area (Å²) in [5, 5.41) is 15.2. The lowest BCUT2D eigenvalue weighted by atomic mass is 10.2. The molecule has 146 valence electrons. The molecular weight excluding hydrogens is 373 g/mol. The van der Waals surface area contributed by atoms with Gasteiger partial charge in [0.15, 0.2) is 6.10 Å². The van der Waals surface area contributed by atoms with Gasteiger partial charge in [0, 0.05) is 17.8 Å². The molecule has 0 saturated carbocycles. The summed E-state index contributed by atoms with van der Waals surface area (Å²) in [6.07, 6.45) is -1.19. The summed E-state index contributed by atoms with van der Waals surface area (Å²) in [4.78, 5) is 45.6. The monoisotopic (exact) mass is 389 g/mol. The zero-order valence-corrected chi connectivity index (χ0v) is 14.7. The van der Waals surface area contributed by atoms with Crippen LogP contribution in [0.2, 0.25) is 0 Å². The van der Waals surface area contributed by atoms with Crippen LogP contribution >= 0.6 is 0 Å². The lowest BCUT2D eigenvalue weighted by molar-refractivity contribution is -0.384. The highest BCUT2D eigenvalue weighted by molar-refractivity contribution is 5.97. The van der Waals surface area contributed by atoms with Crippen LogP contribution in [0.3, 0.4) is 0 Å². The molecule has 1 atom stereocenters. The van der Waals surface area contributed by atoms with Gasteiger partial charge in [0.1, 0.15) is 12.4 Å². The predicted molar refractivity (Wildman–Crippen MR) is 96.0 cm³/mol. The lowest BCUT2D eigenvalue weighted by Crippen LogP contribution is -2.36. The minimum absolute atomic E-state index is 0.136. The van der Waals surface area contributed by atoms with Crippen molar-refractivity contribution in [3.05, 3.63) is 70.0 Å². The number of non-ortho nitro benzene ring substituents is 1. The zero-order chi connectivity index (χ0) is 20.7. The fourth-order valence-electron chi connectivity index (χ4n) is 2.10. The number of nitro groups is 1. The third-order valence-electron chi connectivity index (χ3n) is 3.53. The first-order chi connectivity index (χ1) is 13.3. The number of carbonyl (C=O) groups is 3. The SMILES string of the molecule is CC(OC(=O)CNC(=O)c1ccccc1F)C(=O)Nc1ccc([N+](=O)[O-])cc1. The summed E-state index contributed by atoms with van der Waals surface area (Å²) in [6, 6.07) is 10.4. The highest BCUT2D eigenvalue weighted by Gasteiger charge is 2.19. The van der Waals surface area contributed by atoms with E-state index in [4.69, 9.17) is 4.74 Å². The summed E-state index contributed by atoms with van der Waals surface area (Å²) in [5.41, 5.74) is -0.0753. The normalized spacial score (nSPS) is 11.2. The van der Waals surface area contributed by atoms with E-state index in [2.05, 4.69) is 10.6 Å². The molecule has 9 nitrogen and oxygen atoms in total. The first kappa shape index (κ1) is 20.5. The number of nitro benzene ring substituents is 1. The Bertz CT molecular complexity index is 900. The van der Waals surface area contributed by atoms with Gasteiger partial charge in [0.25, 0.3) is 17.5 Å². The molecule has 2 aromatic carbocycles. The minimum atomic E-state index is -1.19. The van der Waals surface area contributed by atoms with E-state index in [9.17, 15) is 28.9 Å². The van der Waals surface area contributed by atoms with Crippen LogP contribution in [-0.4, -0.2) is 35.4 Å². The molecule has 0 aromatic heterocycles. The predicted octanol–water partition coefficient (Wildman–Crippen LogP) is 2.03. The van der Waals surface area contributed by atoms with Gasteiger partial charge >= 0.3 is 5.97 Å². The third kappa shape index (κ3) is 5.59. The molecule has 28 heavy (non-hydrogen) atoms. The maximum Gasteiger partial charge on any atom is 0.326 e. The molecule has 2 rings (SSSR count). The molecule has 2 amide bonds. The highest BCUT2D eigenvalue weighted by Crippen LogP contribution is 2.15. The second kappa shape index (κ2) is 9.21. The second-order valence-corrected chi connectivity index (χ2v) is 5.59. The highest BCUT2D eigenvalue weighted by atomic mass is 19.1. The number of rotatable bonds is 7. The van der Waals surface area contributed by atoms with Crippen LogP contribution < -0.4 is 10.6 Å². The number of hydrogen-bond donors (Lipinski definition) is 2. The molecule has 2 aromatic rings. The molecule has 0 aliphatic rings. The Balaban J connectivity index is 1.82. The van der Waals surface area contributed by atoms with Crippen LogP contribution in [0.25, 0.3) is 0 Å². The van der Waals surface area contributed by atoms with E-state index < -0.39 is 41.2 Å². The number of esters is 1. The van der Waals surface area contributed by atoms with Gasteiger partial charge in [-0.05, 0) is 31.2 Å². The van der Waals surface area contributed by atoms with Gasteiger partial charge in [0.2, 0.25) is 0 Å². The molecule has 10 heteroatoms. The molecule has 0 fully saturated rings. The molecule has 0 radical (unpaired) electrons. The zero-order valence-electron chi connectivity index (χ0n) is 14.7. The van der Waals surface area contributed by atoms with Gasteiger partial charge in [0.05, 0.1) is 10.5 Å². The summed E-state index contributed by atoms with van der Waals surface area (Å²) in [5.74, 6) is -3.08. The Morgan fingerprint density at radius 2 is 1.79 bits per heavy atom. The Labute approximate surface area is 158 Å². The third-order valence-corrected chi connectivity index (χ3v) is 3.53. The van der Waals surface area contributed by atoms with Crippen LogP contribution in [-0.2, 0) is 14.3 Å². The lowest BCUT2D eigenvalue weighted by Gasteiger charge is -2.14. The molecule has 0 heterocycles. The largest absolute Gasteiger partial charge is 0.451 e. The molecule has 1 unspecified atom stereocenters. The quantitative estimate of drug-likeness (QED) is 0.424. The summed E-state index contributed by atoms with van der Waals surface area (Å²) in [7, 11) is 0. The van der Waals surface area contributed by atoms with Gasteiger partial charge in [-0.3, -0.25) is 24.5 Å². The number of ether oxygens (including phenoxy) is 1.